The molecule has 0 fully saturated rings. The van der Waals surface area contributed by atoms with E-state index in [0.717, 1.165) is 4.88 Å². The predicted octanol–water partition coefficient (Wildman–Crippen LogP) is 0.495. The molecule has 1 heterocycles. The van der Waals surface area contributed by atoms with E-state index in [4.69, 9.17) is 10.9 Å². The van der Waals surface area contributed by atoms with Crippen LogP contribution in [0.5, 0.6) is 0 Å². The maximum atomic E-state index is 11.6. The number of hydrogen-bond donors (Lipinski definition) is 2. The number of carbonyl (C=O) groups excluding carboxylic acids is 1. The molecule has 0 aliphatic carbocycles. The molecule has 0 spiro atoms. The minimum absolute atomic E-state index is 0.0250. The number of rotatable bonds is 4. The van der Waals surface area contributed by atoms with E-state index in [9.17, 15) is 4.79 Å². The van der Waals surface area contributed by atoms with Crippen LogP contribution in [0.3, 0.4) is 0 Å². The first-order valence-electron chi connectivity index (χ1n) is 4.36. The Labute approximate surface area is 91.8 Å². The number of likely N-dealkylation sites (N-methyl/N-ethyl adjacent to an activating group) is 1. The first-order chi connectivity index (χ1) is 7.13. The van der Waals surface area contributed by atoms with Crippen molar-refractivity contribution in [2.75, 3.05) is 13.6 Å². The van der Waals surface area contributed by atoms with Crippen molar-refractivity contribution in [3.05, 3.63) is 22.4 Å². The highest BCUT2D eigenvalue weighted by Crippen LogP contribution is 2.09. The molecule has 3 N–H and O–H groups in total. The molecule has 82 valence electrons. The lowest BCUT2D eigenvalue weighted by Gasteiger charge is -2.15. The Morgan fingerprint density at radius 3 is 3.00 bits per heavy atom. The molecule has 0 bridgehead atoms. The lowest BCUT2D eigenvalue weighted by Crippen LogP contribution is -2.36. The third-order valence-corrected chi connectivity index (χ3v) is 2.74. The van der Waals surface area contributed by atoms with Gasteiger partial charge in [0, 0.05) is 11.9 Å². The van der Waals surface area contributed by atoms with E-state index in [0.29, 0.717) is 6.42 Å². The van der Waals surface area contributed by atoms with Crippen LogP contribution in [0.4, 0.5) is 0 Å². The Kier molecular flexibility index (Phi) is 4.11. The zero-order valence-electron chi connectivity index (χ0n) is 8.38. The average molecular weight is 227 g/mol. The highest BCUT2D eigenvalue weighted by Gasteiger charge is 2.11. The third-order valence-electron chi connectivity index (χ3n) is 1.86. The fraction of sp³-hybridized carbons (Fsp3) is 0.333. The van der Waals surface area contributed by atoms with Crippen LogP contribution in [0.15, 0.2) is 22.7 Å². The SMILES string of the molecule is CN(CC(N)=NO)C(=O)Cc1cccs1. The Hall–Kier alpha value is -1.56. The molecular weight excluding hydrogens is 214 g/mol. The van der Waals surface area contributed by atoms with Gasteiger partial charge in [0.15, 0.2) is 5.84 Å². The molecule has 0 aliphatic heterocycles. The van der Waals surface area contributed by atoms with Gasteiger partial charge in [-0.3, -0.25) is 4.79 Å². The second-order valence-electron chi connectivity index (χ2n) is 3.10. The van der Waals surface area contributed by atoms with Gasteiger partial charge in [0.2, 0.25) is 5.91 Å². The van der Waals surface area contributed by atoms with Crippen molar-refractivity contribution in [3.63, 3.8) is 0 Å². The van der Waals surface area contributed by atoms with E-state index >= 15 is 0 Å². The molecule has 0 atom stereocenters. The molecule has 1 rings (SSSR count). The molecule has 0 radical (unpaired) electrons. The van der Waals surface area contributed by atoms with Gasteiger partial charge in [-0.15, -0.1) is 11.3 Å². The molecule has 0 aromatic carbocycles. The quantitative estimate of drug-likeness (QED) is 0.340. The van der Waals surface area contributed by atoms with Crippen molar-refractivity contribution in [1.82, 2.24) is 4.90 Å². The lowest BCUT2D eigenvalue weighted by atomic mass is 10.3. The van der Waals surface area contributed by atoms with Crippen molar-refractivity contribution in [2.24, 2.45) is 10.9 Å². The smallest absolute Gasteiger partial charge is 0.227 e. The zero-order valence-corrected chi connectivity index (χ0v) is 9.20. The Morgan fingerprint density at radius 2 is 2.47 bits per heavy atom. The van der Waals surface area contributed by atoms with E-state index in [1.54, 1.807) is 7.05 Å². The molecule has 6 heteroatoms. The van der Waals surface area contributed by atoms with Crippen molar-refractivity contribution in [2.45, 2.75) is 6.42 Å². The Bertz CT molecular complexity index is 348. The Balaban J connectivity index is 2.47. The summed E-state index contributed by atoms with van der Waals surface area (Å²) < 4.78 is 0. The van der Waals surface area contributed by atoms with Gasteiger partial charge < -0.3 is 15.8 Å². The molecule has 0 saturated carbocycles. The second-order valence-corrected chi connectivity index (χ2v) is 4.13. The minimum atomic E-state index is -0.0518. The number of nitrogens with two attached hydrogens (primary N) is 1. The van der Waals surface area contributed by atoms with Gasteiger partial charge in [0.1, 0.15) is 0 Å². The summed E-state index contributed by atoms with van der Waals surface area (Å²) in [7, 11) is 1.62. The van der Waals surface area contributed by atoms with Gasteiger partial charge in [-0.05, 0) is 11.4 Å². The fourth-order valence-electron chi connectivity index (χ4n) is 1.06. The maximum Gasteiger partial charge on any atom is 0.227 e. The third kappa shape index (κ3) is 3.59. The van der Waals surface area contributed by atoms with Gasteiger partial charge in [0.05, 0.1) is 13.0 Å². The van der Waals surface area contributed by atoms with Gasteiger partial charge in [-0.2, -0.15) is 0 Å². The van der Waals surface area contributed by atoms with Crippen LogP contribution in [-0.4, -0.2) is 35.4 Å². The van der Waals surface area contributed by atoms with Gasteiger partial charge >= 0.3 is 0 Å². The number of amides is 1. The van der Waals surface area contributed by atoms with Crippen molar-refractivity contribution in [3.8, 4) is 0 Å². The number of amidine groups is 1. The number of nitrogens with zero attached hydrogens (tertiary/aromatic N) is 2. The fourth-order valence-corrected chi connectivity index (χ4v) is 1.76. The number of thiophene rings is 1. The van der Waals surface area contributed by atoms with E-state index in [1.165, 1.54) is 16.2 Å². The first kappa shape index (κ1) is 11.5. The molecule has 0 unspecified atom stereocenters. The van der Waals surface area contributed by atoms with E-state index < -0.39 is 0 Å². The van der Waals surface area contributed by atoms with Crippen LogP contribution in [0, 0.1) is 0 Å². The molecular formula is C9H13N3O2S. The van der Waals surface area contributed by atoms with Crippen LogP contribution in [-0.2, 0) is 11.2 Å². The number of carbonyl (C=O) groups is 1. The zero-order chi connectivity index (χ0) is 11.3. The van der Waals surface area contributed by atoms with Crippen LogP contribution in [0.2, 0.25) is 0 Å². The monoisotopic (exact) mass is 227 g/mol. The summed E-state index contributed by atoms with van der Waals surface area (Å²) in [6.45, 7) is 0.140. The van der Waals surface area contributed by atoms with Crippen molar-refractivity contribution in [1.29, 1.82) is 0 Å². The Morgan fingerprint density at radius 1 is 1.73 bits per heavy atom. The first-order valence-corrected chi connectivity index (χ1v) is 5.24. The molecule has 15 heavy (non-hydrogen) atoms. The van der Waals surface area contributed by atoms with Gasteiger partial charge in [-0.25, -0.2) is 0 Å². The summed E-state index contributed by atoms with van der Waals surface area (Å²) in [6, 6.07) is 3.80. The summed E-state index contributed by atoms with van der Waals surface area (Å²) in [5.41, 5.74) is 5.29. The van der Waals surface area contributed by atoms with Gasteiger partial charge in [-0.1, -0.05) is 11.2 Å². The standard InChI is InChI=1S/C9H13N3O2S/c1-12(6-8(10)11-14)9(13)5-7-3-2-4-15-7/h2-4,14H,5-6H2,1H3,(H2,10,11). The largest absolute Gasteiger partial charge is 0.409 e. The second kappa shape index (κ2) is 5.35. The van der Waals surface area contributed by atoms with Gasteiger partial charge in [0.25, 0.3) is 0 Å². The highest BCUT2D eigenvalue weighted by molar-refractivity contribution is 7.10. The molecule has 0 saturated heterocycles. The molecule has 1 aromatic rings. The average Bonchev–Trinajstić information content (AvgIpc) is 2.70. The molecule has 1 aromatic heterocycles. The van der Waals surface area contributed by atoms with E-state index in [-0.39, 0.29) is 18.3 Å². The number of hydrogen-bond acceptors (Lipinski definition) is 4. The van der Waals surface area contributed by atoms with Crippen LogP contribution in [0.1, 0.15) is 4.88 Å². The van der Waals surface area contributed by atoms with Crippen LogP contribution in [0.25, 0.3) is 0 Å². The van der Waals surface area contributed by atoms with Crippen molar-refractivity contribution < 1.29 is 10.0 Å². The summed E-state index contributed by atoms with van der Waals surface area (Å²) in [6.07, 6.45) is 0.354. The summed E-state index contributed by atoms with van der Waals surface area (Å²) in [5.74, 6) is -0.0268. The van der Waals surface area contributed by atoms with Crippen LogP contribution >= 0.6 is 11.3 Å². The summed E-state index contributed by atoms with van der Waals surface area (Å²) >= 11 is 1.53. The lowest BCUT2D eigenvalue weighted by molar-refractivity contribution is -0.128. The molecule has 0 aliphatic rings. The van der Waals surface area contributed by atoms with Crippen molar-refractivity contribution >= 4 is 23.1 Å². The predicted molar refractivity (Wildman–Crippen MR) is 59.1 cm³/mol. The van der Waals surface area contributed by atoms with E-state index in [1.807, 2.05) is 17.5 Å². The highest BCUT2D eigenvalue weighted by atomic mass is 32.1. The maximum absolute atomic E-state index is 11.6. The number of oxime groups is 1. The topological polar surface area (TPSA) is 78.9 Å². The molecule has 1 amide bonds. The van der Waals surface area contributed by atoms with Crippen LogP contribution < -0.4 is 5.73 Å². The minimum Gasteiger partial charge on any atom is -0.409 e. The summed E-state index contributed by atoms with van der Waals surface area (Å²) in [5, 5.41) is 13.1. The summed E-state index contributed by atoms with van der Waals surface area (Å²) in [4.78, 5) is 14.0. The normalized spacial score (nSPS) is 11.4. The molecule has 5 nitrogen and oxygen atoms in total. The van der Waals surface area contributed by atoms with E-state index in [2.05, 4.69) is 5.16 Å².